The first-order valence-electron chi connectivity index (χ1n) is 6.02. The summed E-state index contributed by atoms with van der Waals surface area (Å²) in [4.78, 5) is 2.76. The molecule has 0 aliphatic heterocycles. The Morgan fingerprint density at radius 3 is 2.80 bits per heavy atom. The third-order valence-electron chi connectivity index (χ3n) is 3.76. The third-order valence-corrected chi connectivity index (χ3v) is 4.86. The lowest BCUT2D eigenvalue weighted by molar-refractivity contribution is 0.420. The van der Waals surface area contributed by atoms with E-state index >= 15 is 0 Å². The molecule has 1 aromatic heterocycles. The second-order valence-electron chi connectivity index (χ2n) is 4.82. The van der Waals surface area contributed by atoms with Gasteiger partial charge in [-0.3, -0.25) is 0 Å². The van der Waals surface area contributed by atoms with Gasteiger partial charge in [-0.15, -0.1) is 11.3 Å². The molecular formula is C13H21NS. The van der Waals surface area contributed by atoms with E-state index in [1.165, 1.54) is 35.4 Å². The molecule has 3 unspecified atom stereocenters. The fourth-order valence-corrected chi connectivity index (χ4v) is 3.65. The summed E-state index contributed by atoms with van der Waals surface area (Å²) < 4.78 is 0. The third kappa shape index (κ3) is 2.43. The molecule has 1 aromatic rings. The molecule has 1 aliphatic carbocycles. The number of hydrogen-bond acceptors (Lipinski definition) is 2. The van der Waals surface area contributed by atoms with Crippen LogP contribution in [0.25, 0.3) is 0 Å². The Kier molecular flexibility index (Phi) is 3.47. The fourth-order valence-electron chi connectivity index (χ4n) is 2.68. The summed E-state index contributed by atoms with van der Waals surface area (Å²) in [6.45, 7) is 4.46. The second-order valence-corrected chi connectivity index (χ2v) is 6.14. The summed E-state index contributed by atoms with van der Waals surface area (Å²) >= 11 is 1.87. The Labute approximate surface area is 96.7 Å². The minimum absolute atomic E-state index is 0.292. The summed E-state index contributed by atoms with van der Waals surface area (Å²) in [6, 6.07) is 4.69. The van der Waals surface area contributed by atoms with Gasteiger partial charge in [-0.25, -0.2) is 0 Å². The highest BCUT2D eigenvalue weighted by atomic mass is 32.1. The molecular weight excluding hydrogens is 202 g/mol. The lowest BCUT2D eigenvalue weighted by Crippen LogP contribution is -2.18. The second kappa shape index (κ2) is 4.67. The molecule has 84 valence electrons. The van der Waals surface area contributed by atoms with Crippen LogP contribution in [0.4, 0.5) is 0 Å². The standard InChI is InChI=1S/C13H21NS/c1-3-10-5-6-11(8-10)13(14)12-7-4-9(2)15-12/h4,7,10-11,13H,3,5-6,8,14H2,1-2H3. The van der Waals surface area contributed by atoms with Gasteiger partial charge in [-0.05, 0) is 43.7 Å². The SMILES string of the molecule is CCC1CCC(C(N)c2ccc(C)s2)C1. The summed E-state index contributed by atoms with van der Waals surface area (Å²) in [7, 11) is 0. The quantitative estimate of drug-likeness (QED) is 0.826. The number of thiophene rings is 1. The minimum Gasteiger partial charge on any atom is -0.323 e. The van der Waals surface area contributed by atoms with Gasteiger partial charge in [-0.1, -0.05) is 19.8 Å². The van der Waals surface area contributed by atoms with E-state index in [1.54, 1.807) is 0 Å². The first-order chi connectivity index (χ1) is 7.20. The van der Waals surface area contributed by atoms with Crippen LogP contribution in [0, 0.1) is 18.8 Å². The van der Waals surface area contributed by atoms with E-state index in [-0.39, 0.29) is 0 Å². The molecule has 0 amide bonds. The van der Waals surface area contributed by atoms with E-state index < -0.39 is 0 Å². The first kappa shape index (κ1) is 11.2. The lowest BCUT2D eigenvalue weighted by atomic mass is 9.95. The molecule has 1 nitrogen and oxygen atoms in total. The van der Waals surface area contributed by atoms with E-state index in [1.807, 2.05) is 11.3 Å². The van der Waals surface area contributed by atoms with Crippen LogP contribution in [0.15, 0.2) is 12.1 Å². The summed E-state index contributed by atoms with van der Waals surface area (Å²) in [5, 5.41) is 0. The maximum absolute atomic E-state index is 6.34. The Morgan fingerprint density at radius 2 is 2.27 bits per heavy atom. The average Bonchev–Trinajstić information content (AvgIpc) is 2.84. The normalized spacial score (nSPS) is 28.2. The summed E-state index contributed by atoms with van der Waals surface area (Å²) in [6.07, 6.45) is 5.39. The fraction of sp³-hybridized carbons (Fsp3) is 0.692. The number of hydrogen-bond donors (Lipinski definition) is 1. The zero-order valence-corrected chi connectivity index (χ0v) is 10.5. The van der Waals surface area contributed by atoms with Gasteiger partial charge in [-0.2, -0.15) is 0 Å². The van der Waals surface area contributed by atoms with Gasteiger partial charge in [0.1, 0.15) is 0 Å². The van der Waals surface area contributed by atoms with Gasteiger partial charge < -0.3 is 5.73 Å². The van der Waals surface area contributed by atoms with Crippen molar-refractivity contribution in [2.45, 2.75) is 45.6 Å². The average molecular weight is 223 g/mol. The van der Waals surface area contributed by atoms with E-state index in [4.69, 9.17) is 5.73 Å². The molecule has 1 heterocycles. The van der Waals surface area contributed by atoms with E-state index in [9.17, 15) is 0 Å². The van der Waals surface area contributed by atoms with Crippen molar-refractivity contribution in [1.82, 2.24) is 0 Å². The van der Waals surface area contributed by atoms with Crippen LogP contribution in [-0.4, -0.2) is 0 Å². The van der Waals surface area contributed by atoms with E-state index in [2.05, 4.69) is 26.0 Å². The molecule has 0 bridgehead atoms. The van der Waals surface area contributed by atoms with Gasteiger partial charge in [0.15, 0.2) is 0 Å². The zero-order valence-electron chi connectivity index (χ0n) is 9.70. The molecule has 2 rings (SSSR count). The zero-order chi connectivity index (χ0) is 10.8. The molecule has 1 saturated carbocycles. The highest BCUT2D eigenvalue weighted by molar-refractivity contribution is 7.12. The molecule has 1 aliphatic rings. The smallest absolute Gasteiger partial charge is 0.0418 e. The molecule has 0 saturated heterocycles. The van der Waals surface area contributed by atoms with Crippen molar-refractivity contribution < 1.29 is 0 Å². The Morgan fingerprint density at radius 1 is 1.47 bits per heavy atom. The van der Waals surface area contributed by atoms with Crippen molar-refractivity contribution in [3.05, 3.63) is 21.9 Å². The van der Waals surface area contributed by atoms with Crippen molar-refractivity contribution in [2.75, 3.05) is 0 Å². The lowest BCUT2D eigenvalue weighted by Gasteiger charge is -2.17. The van der Waals surface area contributed by atoms with Crippen LogP contribution < -0.4 is 5.73 Å². The minimum atomic E-state index is 0.292. The Balaban J connectivity index is 2.00. The van der Waals surface area contributed by atoms with Crippen LogP contribution >= 0.6 is 11.3 Å². The van der Waals surface area contributed by atoms with E-state index in [0.717, 1.165) is 11.8 Å². The number of aryl methyl sites for hydroxylation is 1. The Hall–Kier alpha value is -0.340. The van der Waals surface area contributed by atoms with Crippen molar-refractivity contribution in [2.24, 2.45) is 17.6 Å². The van der Waals surface area contributed by atoms with Crippen molar-refractivity contribution in [1.29, 1.82) is 0 Å². The summed E-state index contributed by atoms with van der Waals surface area (Å²) in [5.41, 5.74) is 6.34. The van der Waals surface area contributed by atoms with Gasteiger partial charge in [0.05, 0.1) is 0 Å². The van der Waals surface area contributed by atoms with Crippen molar-refractivity contribution in [3.63, 3.8) is 0 Å². The molecule has 0 radical (unpaired) electrons. The molecule has 2 N–H and O–H groups in total. The monoisotopic (exact) mass is 223 g/mol. The van der Waals surface area contributed by atoms with Gasteiger partial charge in [0, 0.05) is 15.8 Å². The maximum atomic E-state index is 6.34. The van der Waals surface area contributed by atoms with Gasteiger partial charge in [0.25, 0.3) is 0 Å². The number of rotatable bonds is 3. The van der Waals surface area contributed by atoms with Crippen molar-refractivity contribution >= 4 is 11.3 Å². The van der Waals surface area contributed by atoms with Crippen LogP contribution in [-0.2, 0) is 0 Å². The largest absolute Gasteiger partial charge is 0.323 e. The number of nitrogens with two attached hydrogens (primary N) is 1. The first-order valence-corrected chi connectivity index (χ1v) is 6.84. The van der Waals surface area contributed by atoms with E-state index in [0.29, 0.717) is 6.04 Å². The molecule has 0 aromatic carbocycles. The Bertz CT molecular complexity index is 318. The van der Waals surface area contributed by atoms with Crippen molar-refractivity contribution in [3.8, 4) is 0 Å². The molecule has 2 heteroatoms. The summed E-state index contributed by atoms with van der Waals surface area (Å²) in [5.74, 6) is 1.66. The highest BCUT2D eigenvalue weighted by Gasteiger charge is 2.29. The van der Waals surface area contributed by atoms with Gasteiger partial charge in [0.2, 0.25) is 0 Å². The predicted octanol–water partition coefficient (Wildman–Crippen LogP) is 3.88. The molecule has 3 atom stereocenters. The van der Waals surface area contributed by atoms with Crippen LogP contribution in [0.3, 0.4) is 0 Å². The predicted molar refractivity (Wildman–Crippen MR) is 67.1 cm³/mol. The van der Waals surface area contributed by atoms with Gasteiger partial charge >= 0.3 is 0 Å². The maximum Gasteiger partial charge on any atom is 0.0418 e. The molecule has 0 spiro atoms. The molecule has 1 fully saturated rings. The van der Waals surface area contributed by atoms with Crippen LogP contribution in [0.2, 0.25) is 0 Å². The van der Waals surface area contributed by atoms with Crippen LogP contribution in [0.5, 0.6) is 0 Å². The highest BCUT2D eigenvalue weighted by Crippen LogP contribution is 2.40. The molecule has 15 heavy (non-hydrogen) atoms. The topological polar surface area (TPSA) is 26.0 Å². The van der Waals surface area contributed by atoms with Crippen LogP contribution in [0.1, 0.15) is 48.4 Å².